The summed E-state index contributed by atoms with van der Waals surface area (Å²) in [6.45, 7) is 5.78. The molecule has 0 aromatic carbocycles. The third-order valence-electron chi connectivity index (χ3n) is 4.15. The van der Waals surface area contributed by atoms with E-state index in [0.717, 1.165) is 19.3 Å². The van der Waals surface area contributed by atoms with Crippen LogP contribution in [0.5, 0.6) is 0 Å². The molecule has 0 amide bonds. The number of methoxy groups -OCH3 is 1. The van der Waals surface area contributed by atoms with Crippen molar-refractivity contribution < 1.29 is 19.1 Å². The lowest BCUT2D eigenvalue weighted by atomic mass is 9.64. The average Bonchev–Trinajstić information content (AvgIpc) is 2.39. The van der Waals surface area contributed by atoms with Crippen LogP contribution in [-0.4, -0.2) is 24.6 Å². The smallest absolute Gasteiger partial charge is 0.316 e. The summed E-state index contributed by atoms with van der Waals surface area (Å²) in [6, 6.07) is 0. The first kappa shape index (κ1) is 15.9. The third kappa shape index (κ3) is 3.04. The van der Waals surface area contributed by atoms with Crippen molar-refractivity contribution in [1.82, 2.24) is 0 Å². The van der Waals surface area contributed by atoms with E-state index in [0.29, 0.717) is 6.42 Å². The van der Waals surface area contributed by atoms with Gasteiger partial charge >= 0.3 is 5.97 Å². The molecule has 0 aromatic heterocycles. The highest BCUT2D eigenvalue weighted by molar-refractivity contribution is 6.13. The van der Waals surface area contributed by atoms with E-state index < -0.39 is 17.8 Å². The van der Waals surface area contributed by atoms with Gasteiger partial charge in [-0.15, -0.1) is 0 Å². The summed E-state index contributed by atoms with van der Waals surface area (Å²) < 4.78 is 4.75. The van der Waals surface area contributed by atoms with Gasteiger partial charge in [-0.2, -0.15) is 0 Å². The fourth-order valence-corrected chi connectivity index (χ4v) is 3.11. The minimum absolute atomic E-state index is 0.0290. The number of hydrogen-bond acceptors (Lipinski definition) is 4. The standard InChI is InChI=1S/C15H24O4/c1-5-7-10-9(3)12(15(18)19-4)14(17)11(8-6-2)13(10)16/h9-12H,5-8H2,1-4H3. The number of esters is 1. The second-order valence-electron chi connectivity index (χ2n) is 5.40. The maximum absolute atomic E-state index is 12.4. The molecule has 0 radical (unpaired) electrons. The monoisotopic (exact) mass is 268 g/mol. The van der Waals surface area contributed by atoms with E-state index in [2.05, 4.69) is 0 Å². The molecular formula is C15H24O4. The molecule has 1 fully saturated rings. The van der Waals surface area contributed by atoms with Crippen LogP contribution >= 0.6 is 0 Å². The first-order valence-corrected chi connectivity index (χ1v) is 7.14. The highest BCUT2D eigenvalue weighted by Gasteiger charge is 2.49. The maximum atomic E-state index is 12.4. The molecule has 19 heavy (non-hydrogen) atoms. The van der Waals surface area contributed by atoms with Gasteiger partial charge in [0.05, 0.1) is 13.0 Å². The molecule has 0 heterocycles. The van der Waals surface area contributed by atoms with Crippen molar-refractivity contribution in [1.29, 1.82) is 0 Å². The van der Waals surface area contributed by atoms with Crippen molar-refractivity contribution in [2.75, 3.05) is 7.11 Å². The van der Waals surface area contributed by atoms with Gasteiger partial charge in [-0.3, -0.25) is 14.4 Å². The molecule has 0 aliphatic heterocycles. The van der Waals surface area contributed by atoms with E-state index in [4.69, 9.17) is 4.74 Å². The lowest BCUT2D eigenvalue weighted by Gasteiger charge is -2.36. The summed E-state index contributed by atoms with van der Waals surface area (Å²) in [5, 5.41) is 0. The minimum Gasteiger partial charge on any atom is -0.468 e. The Bertz CT molecular complexity index is 361. The van der Waals surface area contributed by atoms with Gasteiger partial charge in [0.15, 0.2) is 5.78 Å². The number of Topliss-reactive ketones (excluding diaryl/α,β-unsaturated/α-hetero) is 2. The first-order chi connectivity index (χ1) is 8.99. The summed E-state index contributed by atoms with van der Waals surface area (Å²) in [5.74, 6) is -2.52. The fourth-order valence-electron chi connectivity index (χ4n) is 3.11. The average molecular weight is 268 g/mol. The van der Waals surface area contributed by atoms with E-state index in [-0.39, 0.29) is 23.4 Å². The summed E-state index contributed by atoms with van der Waals surface area (Å²) in [4.78, 5) is 36.6. The predicted molar refractivity (Wildman–Crippen MR) is 71.5 cm³/mol. The van der Waals surface area contributed by atoms with Crippen molar-refractivity contribution in [3.05, 3.63) is 0 Å². The molecule has 0 N–H and O–H groups in total. The number of rotatable bonds is 5. The van der Waals surface area contributed by atoms with Crippen LogP contribution in [0.2, 0.25) is 0 Å². The minimum atomic E-state index is -0.768. The molecular weight excluding hydrogens is 244 g/mol. The molecule has 4 heteroatoms. The van der Waals surface area contributed by atoms with Crippen molar-refractivity contribution in [2.45, 2.75) is 46.5 Å². The molecule has 4 nitrogen and oxygen atoms in total. The molecule has 1 aliphatic rings. The Kier molecular flexibility index (Phi) is 5.70. The normalized spacial score (nSPS) is 31.4. The van der Waals surface area contributed by atoms with E-state index in [9.17, 15) is 14.4 Å². The molecule has 108 valence electrons. The van der Waals surface area contributed by atoms with Crippen LogP contribution < -0.4 is 0 Å². The fraction of sp³-hybridized carbons (Fsp3) is 0.800. The number of carbonyl (C=O) groups excluding carboxylic acids is 3. The van der Waals surface area contributed by atoms with Crippen LogP contribution in [0.1, 0.15) is 46.5 Å². The van der Waals surface area contributed by atoms with E-state index in [1.165, 1.54) is 7.11 Å². The predicted octanol–water partition coefficient (Wildman–Crippen LogP) is 2.40. The number of ether oxygens (including phenoxy) is 1. The molecule has 4 atom stereocenters. The summed E-state index contributed by atoms with van der Waals surface area (Å²) >= 11 is 0. The quantitative estimate of drug-likeness (QED) is 0.567. The molecule has 1 saturated carbocycles. The van der Waals surface area contributed by atoms with Crippen molar-refractivity contribution in [3.63, 3.8) is 0 Å². The molecule has 0 saturated heterocycles. The maximum Gasteiger partial charge on any atom is 0.316 e. The van der Waals surface area contributed by atoms with Crippen LogP contribution in [0.25, 0.3) is 0 Å². The van der Waals surface area contributed by atoms with Gasteiger partial charge in [0.25, 0.3) is 0 Å². The molecule has 0 aromatic rings. The van der Waals surface area contributed by atoms with Gasteiger partial charge in [0, 0.05) is 5.92 Å². The lowest BCUT2D eigenvalue weighted by Crippen LogP contribution is -2.49. The van der Waals surface area contributed by atoms with Gasteiger partial charge in [-0.25, -0.2) is 0 Å². The highest BCUT2D eigenvalue weighted by Crippen LogP contribution is 2.38. The molecule has 4 unspecified atom stereocenters. The van der Waals surface area contributed by atoms with Crippen LogP contribution in [0.4, 0.5) is 0 Å². The van der Waals surface area contributed by atoms with Gasteiger partial charge in [0.2, 0.25) is 0 Å². The first-order valence-electron chi connectivity index (χ1n) is 7.14. The molecule has 0 bridgehead atoms. The Hall–Kier alpha value is -1.19. The zero-order chi connectivity index (χ0) is 14.6. The Morgan fingerprint density at radius 2 is 1.68 bits per heavy atom. The van der Waals surface area contributed by atoms with Gasteiger partial charge in [-0.1, -0.05) is 33.6 Å². The van der Waals surface area contributed by atoms with Crippen LogP contribution in [0.15, 0.2) is 0 Å². The Labute approximate surface area is 114 Å². The number of hydrogen-bond donors (Lipinski definition) is 0. The number of ketones is 2. The van der Waals surface area contributed by atoms with Gasteiger partial charge in [-0.05, 0) is 18.8 Å². The molecule has 1 rings (SSSR count). The second-order valence-corrected chi connectivity index (χ2v) is 5.40. The lowest BCUT2D eigenvalue weighted by molar-refractivity contribution is -0.159. The van der Waals surface area contributed by atoms with Gasteiger partial charge in [0.1, 0.15) is 11.7 Å². The summed E-state index contributed by atoms with van der Waals surface area (Å²) in [7, 11) is 1.29. The third-order valence-corrected chi connectivity index (χ3v) is 4.15. The van der Waals surface area contributed by atoms with Crippen LogP contribution in [0, 0.1) is 23.7 Å². The number of carbonyl (C=O) groups is 3. The zero-order valence-electron chi connectivity index (χ0n) is 12.3. The second kappa shape index (κ2) is 6.83. The summed E-state index contributed by atoms with van der Waals surface area (Å²) in [5.41, 5.74) is 0. The molecule has 0 spiro atoms. The van der Waals surface area contributed by atoms with E-state index >= 15 is 0 Å². The highest BCUT2D eigenvalue weighted by atomic mass is 16.5. The molecule has 1 aliphatic carbocycles. The summed E-state index contributed by atoms with van der Waals surface area (Å²) in [6.07, 6.45) is 2.92. The SMILES string of the molecule is CCCC1C(=O)C(CCC)C(C)C(C(=O)OC)C1=O. The van der Waals surface area contributed by atoms with Crippen molar-refractivity contribution in [3.8, 4) is 0 Å². The zero-order valence-corrected chi connectivity index (χ0v) is 12.3. The van der Waals surface area contributed by atoms with E-state index in [1.807, 2.05) is 20.8 Å². The van der Waals surface area contributed by atoms with Crippen molar-refractivity contribution >= 4 is 17.5 Å². The Morgan fingerprint density at radius 1 is 1.11 bits per heavy atom. The van der Waals surface area contributed by atoms with E-state index in [1.54, 1.807) is 0 Å². The van der Waals surface area contributed by atoms with Crippen LogP contribution in [-0.2, 0) is 19.1 Å². The Morgan fingerprint density at radius 3 is 2.16 bits per heavy atom. The topological polar surface area (TPSA) is 60.4 Å². The van der Waals surface area contributed by atoms with Gasteiger partial charge < -0.3 is 4.74 Å². The Balaban J connectivity index is 3.08. The largest absolute Gasteiger partial charge is 0.468 e. The van der Waals surface area contributed by atoms with Crippen molar-refractivity contribution in [2.24, 2.45) is 23.7 Å². The van der Waals surface area contributed by atoms with Crippen LogP contribution in [0.3, 0.4) is 0 Å².